The van der Waals surface area contributed by atoms with Gasteiger partial charge in [0.25, 0.3) is 5.97 Å². The number of ether oxygens (including phenoxy) is 3. The van der Waals surface area contributed by atoms with E-state index in [-0.39, 0.29) is 5.92 Å². The van der Waals surface area contributed by atoms with Crippen molar-refractivity contribution in [3.05, 3.63) is 0 Å². The van der Waals surface area contributed by atoms with Crippen LogP contribution in [-0.4, -0.2) is 38.9 Å². The molecule has 0 saturated carbocycles. The molecule has 25 heavy (non-hydrogen) atoms. The summed E-state index contributed by atoms with van der Waals surface area (Å²) in [5.41, 5.74) is 0. The van der Waals surface area contributed by atoms with E-state index < -0.39 is 5.97 Å². The van der Waals surface area contributed by atoms with Gasteiger partial charge in [0.15, 0.2) is 0 Å². The molecule has 4 heteroatoms. The normalized spacial score (nSPS) is 13.3. The molecule has 0 fully saturated rings. The molecule has 0 aliphatic heterocycles. The van der Waals surface area contributed by atoms with E-state index in [1.807, 2.05) is 20.8 Å². The standard InChI is InChI=1S/C21H45NO3/c1-6-11-12-13-14-15-17-20(18-16-19-22-7-2)21(23-8-3,24-9-4)25-10-5/h20,22H,6-19H2,1-5H3/t20-/m1/s1. The van der Waals surface area contributed by atoms with Gasteiger partial charge in [-0.2, -0.15) is 0 Å². The van der Waals surface area contributed by atoms with Gasteiger partial charge in [-0.1, -0.05) is 52.4 Å². The number of hydrogen-bond acceptors (Lipinski definition) is 4. The molecule has 0 aromatic rings. The van der Waals surface area contributed by atoms with Crippen molar-refractivity contribution in [2.45, 2.75) is 98.4 Å². The van der Waals surface area contributed by atoms with Gasteiger partial charge >= 0.3 is 0 Å². The Hall–Kier alpha value is -0.160. The van der Waals surface area contributed by atoms with Crippen LogP contribution >= 0.6 is 0 Å². The van der Waals surface area contributed by atoms with Gasteiger partial charge in [-0.05, 0) is 53.1 Å². The lowest BCUT2D eigenvalue weighted by atomic mass is 9.92. The van der Waals surface area contributed by atoms with Gasteiger partial charge in [0.2, 0.25) is 0 Å². The summed E-state index contributed by atoms with van der Waals surface area (Å²) < 4.78 is 18.2. The van der Waals surface area contributed by atoms with Crippen LogP contribution in [0.3, 0.4) is 0 Å². The molecule has 0 radical (unpaired) electrons. The van der Waals surface area contributed by atoms with Crippen LogP contribution in [0.1, 0.15) is 92.4 Å². The van der Waals surface area contributed by atoms with Crippen LogP contribution in [0.2, 0.25) is 0 Å². The van der Waals surface area contributed by atoms with Crippen LogP contribution in [0.5, 0.6) is 0 Å². The summed E-state index contributed by atoms with van der Waals surface area (Å²) in [5, 5.41) is 3.42. The highest BCUT2D eigenvalue weighted by atomic mass is 16.9. The minimum atomic E-state index is -0.867. The smallest absolute Gasteiger partial charge is 0.285 e. The Morgan fingerprint density at radius 1 is 0.680 bits per heavy atom. The summed E-state index contributed by atoms with van der Waals surface area (Å²) in [6.07, 6.45) is 11.2. The summed E-state index contributed by atoms with van der Waals surface area (Å²) in [7, 11) is 0. The highest BCUT2D eigenvalue weighted by molar-refractivity contribution is 4.73. The Kier molecular flexibility index (Phi) is 17.2. The minimum absolute atomic E-state index is 0.289. The molecule has 0 spiro atoms. The van der Waals surface area contributed by atoms with Crippen molar-refractivity contribution in [1.82, 2.24) is 5.32 Å². The zero-order valence-electron chi connectivity index (χ0n) is 17.7. The van der Waals surface area contributed by atoms with Gasteiger partial charge < -0.3 is 19.5 Å². The maximum absolute atomic E-state index is 6.06. The van der Waals surface area contributed by atoms with Crippen molar-refractivity contribution < 1.29 is 14.2 Å². The molecule has 0 aliphatic carbocycles. The lowest BCUT2D eigenvalue weighted by molar-refractivity contribution is -0.403. The molecular formula is C21H45NO3. The van der Waals surface area contributed by atoms with Crippen LogP contribution < -0.4 is 5.32 Å². The van der Waals surface area contributed by atoms with Crippen molar-refractivity contribution in [3.8, 4) is 0 Å². The second-order valence-corrected chi connectivity index (χ2v) is 6.65. The van der Waals surface area contributed by atoms with Gasteiger partial charge in [0.05, 0.1) is 0 Å². The molecule has 0 aromatic heterocycles. The molecular weight excluding hydrogens is 314 g/mol. The number of hydrogen-bond donors (Lipinski definition) is 1. The second kappa shape index (κ2) is 17.3. The van der Waals surface area contributed by atoms with Crippen molar-refractivity contribution >= 4 is 0 Å². The van der Waals surface area contributed by atoms with E-state index in [0.29, 0.717) is 19.8 Å². The summed E-state index contributed by atoms with van der Waals surface area (Å²) in [6, 6.07) is 0. The summed E-state index contributed by atoms with van der Waals surface area (Å²) in [5.74, 6) is -0.578. The van der Waals surface area contributed by atoms with Crippen molar-refractivity contribution in [1.29, 1.82) is 0 Å². The van der Waals surface area contributed by atoms with Crippen molar-refractivity contribution in [3.63, 3.8) is 0 Å². The predicted molar refractivity (Wildman–Crippen MR) is 107 cm³/mol. The van der Waals surface area contributed by atoms with E-state index >= 15 is 0 Å². The second-order valence-electron chi connectivity index (χ2n) is 6.65. The first-order chi connectivity index (χ1) is 12.2. The molecule has 0 aliphatic rings. The monoisotopic (exact) mass is 359 g/mol. The third kappa shape index (κ3) is 11.2. The first-order valence-corrected chi connectivity index (χ1v) is 10.8. The Bertz CT molecular complexity index is 257. The number of rotatable bonds is 19. The Morgan fingerprint density at radius 3 is 1.72 bits per heavy atom. The molecule has 1 N–H and O–H groups in total. The first-order valence-electron chi connectivity index (χ1n) is 10.8. The molecule has 0 rings (SSSR count). The van der Waals surface area contributed by atoms with Crippen molar-refractivity contribution in [2.24, 2.45) is 5.92 Å². The Balaban J connectivity index is 4.75. The average Bonchev–Trinajstić information content (AvgIpc) is 2.60. The number of nitrogens with one attached hydrogen (secondary N) is 1. The summed E-state index contributed by atoms with van der Waals surface area (Å²) >= 11 is 0. The van der Waals surface area contributed by atoms with E-state index in [0.717, 1.165) is 32.4 Å². The number of unbranched alkanes of at least 4 members (excludes halogenated alkanes) is 5. The van der Waals surface area contributed by atoms with Gasteiger partial charge in [-0.15, -0.1) is 0 Å². The lowest BCUT2D eigenvalue weighted by Crippen LogP contribution is -2.47. The van der Waals surface area contributed by atoms with E-state index in [2.05, 4.69) is 19.2 Å². The summed E-state index contributed by atoms with van der Waals surface area (Å²) in [4.78, 5) is 0. The predicted octanol–water partition coefficient (Wildman–Crippen LogP) is 5.51. The zero-order chi connectivity index (χ0) is 18.8. The van der Waals surface area contributed by atoms with Gasteiger partial charge in [-0.25, -0.2) is 0 Å². The van der Waals surface area contributed by atoms with E-state index in [9.17, 15) is 0 Å². The summed E-state index contributed by atoms with van der Waals surface area (Å²) in [6.45, 7) is 14.4. The lowest BCUT2D eigenvalue weighted by Gasteiger charge is -2.39. The van der Waals surface area contributed by atoms with Crippen LogP contribution in [0.15, 0.2) is 0 Å². The van der Waals surface area contributed by atoms with Crippen LogP contribution in [-0.2, 0) is 14.2 Å². The van der Waals surface area contributed by atoms with Gasteiger partial charge in [0.1, 0.15) is 0 Å². The molecule has 0 amide bonds. The van der Waals surface area contributed by atoms with Crippen molar-refractivity contribution in [2.75, 3.05) is 32.9 Å². The molecule has 0 bridgehead atoms. The minimum Gasteiger partial charge on any atom is -0.328 e. The van der Waals surface area contributed by atoms with Gasteiger partial charge in [0, 0.05) is 25.7 Å². The van der Waals surface area contributed by atoms with Crippen LogP contribution in [0.25, 0.3) is 0 Å². The molecule has 0 aromatic carbocycles. The average molecular weight is 360 g/mol. The molecule has 0 heterocycles. The fraction of sp³-hybridized carbons (Fsp3) is 1.00. The fourth-order valence-corrected chi connectivity index (χ4v) is 3.40. The topological polar surface area (TPSA) is 39.7 Å². The highest BCUT2D eigenvalue weighted by Gasteiger charge is 2.41. The largest absolute Gasteiger partial charge is 0.328 e. The molecule has 0 unspecified atom stereocenters. The fourth-order valence-electron chi connectivity index (χ4n) is 3.40. The van der Waals surface area contributed by atoms with Crippen LogP contribution in [0.4, 0.5) is 0 Å². The zero-order valence-corrected chi connectivity index (χ0v) is 17.7. The Labute approximate surface area is 157 Å². The van der Waals surface area contributed by atoms with E-state index in [1.165, 1.54) is 38.5 Å². The Morgan fingerprint density at radius 2 is 1.20 bits per heavy atom. The molecule has 4 nitrogen and oxygen atoms in total. The van der Waals surface area contributed by atoms with E-state index in [1.54, 1.807) is 0 Å². The first kappa shape index (κ1) is 24.8. The maximum atomic E-state index is 6.06. The third-order valence-corrected chi connectivity index (χ3v) is 4.60. The molecule has 152 valence electrons. The SMILES string of the molecule is CCCCCCCC[C@H](CCCNCC)C(OCC)(OCC)OCC. The van der Waals surface area contributed by atoms with Gasteiger partial charge in [-0.3, -0.25) is 0 Å². The van der Waals surface area contributed by atoms with Crippen LogP contribution in [0, 0.1) is 5.92 Å². The molecule has 0 saturated heterocycles. The third-order valence-electron chi connectivity index (χ3n) is 4.60. The quantitative estimate of drug-likeness (QED) is 0.244. The maximum Gasteiger partial charge on any atom is 0.285 e. The molecule has 1 atom stereocenters. The highest BCUT2D eigenvalue weighted by Crippen LogP contribution is 2.34. The van der Waals surface area contributed by atoms with E-state index in [4.69, 9.17) is 14.2 Å².